The van der Waals surface area contributed by atoms with E-state index in [4.69, 9.17) is 10.5 Å². The molecule has 0 radical (unpaired) electrons. The Morgan fingerprint density at radius 2 is 2.25 bits per heavy atom. The van der Waals surface area contributed by atoms with Crippen LogP contribution in [0.5, 0.6) is 5.75 Å². The van der Waals surface area contributed by atoms with Crippen molar-refractivity contribution in [2.24, 2.45) is 0 Å². The van der Waals surface area contributed by atoms with Crippen LogP contribution in [0.4, 0.5) is 5.69 Å². The van der Waals surface area contributed by atoms with Crippen molar-refractivity contribution in [1.29, 1.82) is 0 Å². The SMILES string of the molecule is COc1ccc(S(=O)(=O)NCCc2ncn[nH]2)c(N)c1. The number of nitrogens with zero attached hydrogens (tertiary/aromatic N) is 2. The molecule has 8 nitrogen and oxygen atoms in total. The molecule has 0 aliphatic rings. The number of aromatic nitrogens is 3. The number of hydrogen-bond acceptors (Lipinski definition) is 6. The van der Waals surface area contributed by atoms with Crippen molar-refractivity contribution in [2.75, 3.05) is 19.4 Å². The molecule has 0 unspecified atom stereocenters. The number of aromatic amines is 1. The Morgan fingerprint density at radius 3 is 2.85 bits per heavy atom. The molecule has 0 aliphatic heterocycles. The zero-order chi connectivity index (χ0) is 14.6. The lowest BCUT2D eigenvalue weighted by Gasteiger charge is -2.09. The molecule has 0 atom stereocenters. The highest BCUT2D eigenvalue weighted by Crippen LogP contribution is 2.23. The number of benzene rings is 1. The van der Waals surface area contributed by atoms with Crippen molar-refractivity contribution in [2.45, 2.75) is 11.3 Å². The summed E-state index contributed by atoms with van der Waals surface area (Å²) < 4.78 is 31.6. The van der Waals surface area contributed by atoms with Crippen molar-refractivity contribution < 1.29 is 13.2 Å². The maximum absolute atomic E-state index is 12.1. The number of nitrogen functional groups attached to an aromatic ring is 1. The Kier molecular flexibility index (Phi) is 4.20. The van der Waals surface area contributed by atoms with Gasteiger partial charge < -0.3 is 10.5 Å². The summed E-state index contributed by atoms with van der Waals surface area (Å²) in [5, 5.41) is 6.33. The quantitative estimate of drug-likeness (QED) is 0.641. The third kappa shape index (κ3) is 3.25. The van der Waals surface area contributed by atoms with Gasteiger partial charge in [0.25, 0.3) is 0 Å². The van der Waals surface area contributed by atoms with Gasteiger partial charge in [0.15, 0.2) is 0 Å². The molecular formula is C11H15N5O3S. The lowest BCUT2D eigenvalue weighted by molar-refractivity contribution is 0.414. The minimum atomic E-state index is -3.66. The first kappa shape index (κ1) is 14.3. The highest BCUT2D eigenvalue weighted by atomic mass is 32.2. The van der Waals surface area contributed by atoms with E-state index in [2.05, 4.69) is 19.9 Å². The first-order chi connectivity index (χ1) is 9.53. The molecule has 0 fully saturated rings. The summed E-state index contributed by atoms with van der Waals surface area (Å²) in [6.45, 7) is 0.197. The topological polar surface area (TPSA) is 123 Å². The molecular weight excluding hydrogens is 282 g/mol. The molecule has 20 heavy (non-hydrogen) atoms. The Labute approximate surface area is 116 Å². The van der Waals surface area contributed by atoms with E-state index in [0.29, 0.717) is 18.0 Å². The first-order valence-electron chi connectivity index (χ1n) is 5.80. The fourth-order valence-corrected chi connectivity index (χ4v) is 2.77. The molecule has 0 saturated carbocycles. The number of hydrogen-bond donors (Lipinski definition) is 3. The van der Waals surface area contributed by atoms with Gasteiger partial charge in [-0.3, -0.25) is 5.10 Å². The number of nitrogens with two attached hydrogens (primary N) is 1. The second kappa shape index (κ2) is 5.88. The largest absolute Gasteiger partial charge is 0.497 e. The molecule has 0 spiro atoms. The van der Waals surface area contributed by atoms with Crippen LogP contribution < -0.4 is 15.2 Å². The van der Waals surface area contributed by atoms with Crippen molar-refractivity contribution in [3.8, 4) is 5.75 Å². The monoisotopic (exact) mass is 297 g/mol. The second-order valence-electron chi connectivity index (χ2n) is 3.98. The summed E-state index contributed by atoms with van der Waals surface area (Å²) in [6, 6.07) is 4.41. The van der Waals surface area contributed by atoms with Crippen molar-refractivity contribution in [3.05, 3.63) is 30.4 Å². The van der Waals surface area contributed by atoms with Gasteiger partial charge in [-0.25, -0.2) is 18.1 Å². The fraction of sp³-hybridized carbons (Fsp3) is 0.273. The van der Waals surface area contributed by atoms with E-state index < -0.39 is 10.0 Å². The Balaban J connectivity index is 2.06. The molecule has 4 N–H and O–H groups in total. The fourth-order valence-electron chi connectivity index (χ4n) is 1.63. The van der Waals surface area contributed by atoms with Gasteiger partial charge in [0.1, 0.15) is 22.8 Å². The number of ether oxygens (including phenoxy) is 1. The van der Waals surface area contributed by atoms with E-state index in [0.717, 1.165) is 0 Å². The average Bonchev–Trinajstić information content (AvgIpc) is 2.91. The van der Waals surface area contributed by atoms with Gasteiger partial charge in [0.05, 0.1) is 12.8 Å². The number of sulfonamides is 1. The van der Waals surface area contributed by atoms with Gasteiger partial charge >= 0.3 is 0 Å². The van der Waals surface area contributed by atoms with E-state index in [1.54, 1.807) is 6.07 Å². The Bertz CT molecular complexity index is 669. The minimum absolute atomic E-state index is 0.0240. The van der Waals surface area contributed by atoms with Gasteiger partial charge in [-0.1, -0.05) is 0 Å². The standard InChI is InChI=1S/C11H15N5O3S/c1-19-8-2-3-10(9(12)6-8)20(17,18)15-5-4-11-13-7-14-16-11/h2-3,6-7,15H,4-5,12H2,1H3,(H,13,14,16). The molecule has 0 amide bonds. The van der Waals surface area contributed by atoms with Crippen LogP contribution in [0, 0.1) is 0 Å². The summed E-state index contributed by atoms with van der Waals surface area (Å²) in [6.07, 6.45) is 1.78. The van der Waals surface area contributed by atoms with Gasteiger partial charge in [-0.15, -0.1) is 0 Å². The first-order valence-corrected chi connectivity index (χ1v) is 7.28. The predicted molar refractivity (Wildman–Crippen MR) is 72.7 cm³/mol. The molecule has 1 heterocycles. The highest BCUT2D eigenvalue weighted by Gasteiger charge is 2.17. The summed E-state index contributed by atoms with van der Waals surface area (Å²) in [7, 11) is -2.18. The van der Waals surface area contributed by atoms with Crippen LogP contribution in [0.25, 0.3) is 0 Å². The minimum Gasteiger partial charge on any atom is -0.497 e. The lowest BCUT2D eigenvalue weighted by atomic mass is 10.3. The number of nitrogens with one attached hydrogen (secondary N) is 2. The highest BCUT2D eigenvalue weighted by molar-refractivity contribution is 7.89. The molecule has 1 aromatic carbocycles. The van der Waals surface area contributed by atoms with E-state index >= 15 is 0 Å². The number of H-pyrrole nitrogens is 1. The molecule has 9 heteroatoms. The van der Waals surface area contributed by atoms with Crippen LogP contribution in [0.1, 0.15) is 5.82 Å². The second-order valence-corrected chi connectivity index (χ2v) is 5.72. The lowest BCUT2D eigenvalue weighted by Crippen LogP contribution is -2.27. The smallest absolute Gasteiger partial charge is 0.242 e. The zero-order valence-corrected chi connectivity index (χ0v) is 11.6. The van der Waals surface area contributed by atoms with Crippen LogP contribution in [0.15, 0.2) is 29.4 Å². The van der Waals surface area contributed by atoms with Crippen LogP contribution >= 0.6 is 0 Å². The van der Waals surface area contributed by atoms with E-state index in [9.17, 15) is 8.42 Å². The van der Waals surface area contributed by atoms with Gasteiger partial charge in [0, 0.05) is 19.0 Å². The van der Waals surface area contributed by atoms with Crippen molar-refractivity contribution in [1.82, 2.24) is 19.9 Å². The van der Waals surface area contributed by atoms with E-state index in [1.165, 1.54) is 25.6 Å². The van der Waals surface area contributed by atoms with Crippen molar-refractivity contribution in [3.63, 3.8) is 0 Å². The van der Waals surface area contributed by atoms with Gasteiger partial charge in [-0.2, -0.15) is 5.10 Å². The molecule has 108 valence electrons. The molecule has 0 bridgehead atoms. The number of rotatable bonds is 6. The Hall–Kier alpha value is -2.13. The number of anilines is 1. The maximum Gasteiger partial charge on any atom is 0.242 e. The third-order valence-electron chi connectivity index (χ3n) is 2.63. The molecule has 1 aromatic heterocycles. The Morgan fingerprint density at radius 1 is 1.45 bits per heavy atom. The van der Waals surface area contributed by atoms with Crippen LogP contribution in [0.3, 0.4) is 0 Å². The summed E-state index contributed by atoms with van der Waals surface area (Å²) in [5.41, 5.74) is 5.86. The summed E-state index contributed by atoms with van der Waals surface area (Å²) in [4.78, 5) is 3.93. The normalized spacial score (nSPS) is 11.4. The van der Waals surface area contributed by atoms with Crippen LogP contribution in [-0.2, 0) is 16.4 Å². The average molecular weight is 297 g/mol. The predicted octanol–water partition coefficient (Wildman–Crippen LogP) is -0.0835. The summed E-state index contributed by atoms with van der Waals surface area (Å²) >= 11 is 0. The van der Waals surface area contributed by atoms with E-state index in [1.807, 2.05) is 0 Å². The summed E-state index contributed by atoms with van der Waals surface area (Å²) in [5.74, 6) is 1.11. The van der Waals surface area contributed by atoms with E-state index in [-0.39, 0.29) is 17.1 Å². The molecule has 2 aromatic rings. The molecule has 0 aliphatic carbocycles. The van der Waals surface area contributed by atoms with Crippen LogP contribution in [0.2, 0.25) is 0 Å². The van der Waals surface area contributed by atoms with Gasteiger partial charge in [0.2, 0.25) is 10.0 Å². The number of methoxy groups -OCH3 is 1. The third-order valence-corrected chi connectivity index (χ3v) is 4.16. The zero-order valence-electron chi connectivity index (χ0n) is 10.8. The molecule has 0 saturated heterocycles. The van der Waals surface area contributed by atoms with Crippen molar-refractivity contribution >= 4 is 15.7 Å². The van der Waals surface area contributed by atoms with Crippen LogP contribution in [-0.4, -0.2) is 37.3 Å². The van der Waals surface area contributed by atoms with Gasteiger partial charge in [-0.05, 0) is 12.1 Å². The maximum atomic E-state index is 12.1. The molecule has 2 rings (SSSR count).